The van der Waals surface area contributed by atoms with E-state index in [1.54, 1.807) is 11.1 Å². The first-order valence-electron chi connectivity index (χ1n) is 9.18. The van der Waals surface area contributed by atoms with Crippen LogP contribution < -0.4 is 0 Å². The van der Waals surface area contributed by atoms with Crippen LogP contribution in [0.1, 0.15) is 18.1 Å². The van der Waals surface area contributed by atoms with E-state index in [2.05, 4.69) is 34.3 Å². The number of carbonyl (C=O) groups is 1. The topological polar surface area (TPSA) is 75.5 Å². The van der Waals surface area contributed by atoms with Crippen molar-refractivity contribution in [3.63, 3.8) is 0 Å². The lowest BCUT2D eigenvalue weighted by Crippen LogP contribution is -2.59. The number of fused-ring (bicyclic) bond motifs is 1. The van der Waals surface area contributed by atoms with E-state index < -0.39 is 9.84 Å². The van der Waals surface area contributed by atoms with Crippen molar-refractivity contribution in [2.24, 2.45) is 0 Å². The SMILES string of the molecule is CC(=O)N1CCN(Cc2ccc(Cn3cccn3)cc2)[C@@H]2CS(=O)(=O)C[C@@H]21. The maximum absolute atomic E-state index is 12.2. The second-order valence-corrected chi connectivity index (χ2v) is 9.57. The predicted octanol–water partition coefficient (Wildman–Crippen LogP) is 0.761. The molecule has 2 fully saturated rings. The number of benzene rings is 1. The van der Waals surface area contributed by atoms with Crippen molar-refractivity contribution in [3.05, 3.63) is 53.9 Å². The fraction of sp³-hybridized carbons (Fsp3) is 0.474. The highest BCUT2D eigenvalue weighted by Crippen LogP contribution is 2.28. The standard InChI is InChI=1S/C19H24N4O3S/c1-15(24)23-10-9-21(18-13-27(25,26)14-19(18)23)11-16-3-5-17(6-4-16)12-22-8-2-7-20-22/h2-8,18-19H,9-14H2,1H3/t18-,19+/m1/s1. The Balaban J connectivity index is 1.46. The third-order valence-corrected chi connectivity index (χ3v) is 7.21. The Bertz CT molecular complexity index is 909. The lowest BCUT2D eigenvalue weighted by molar-refractivity contribution is -0.134. The quantitative estimate of drug-likeness (QED) is 0.773. The summed E-state index contributed by atoms with van der Waals surface area (Å²) in [5.41, 5.74) is 2.32. The molecule has 1 aromatic carbocycles. The van der Waals surface area contributed by atoms with E-state index in [9.17, 15) is 13.2 Å². The molecule has 0 saturated carbocycles. The maximum atomic E-state index is 12.2. The molecule has 1 aromatic heterocycles. The van der Waals surface area contributed by atoms with Gasteiger partial charge in [-0.1, -0.05) is 24.3 Å². The molecule has 1 amide bonds. The number of hydrogen-bond acceptors (Lipinski definition) is 5. The third-order valence-electron chi connectivity index (χ3n) is 5.51. The Morgan fingerprint density at radius 2 is 1.74 bits per heavy atom. The lowest BCUT2D eigenvalue weighted by Gasteiger charge is -2.43. The van der Waals surface area contributed by atoms with Gasteiger partial charge in [-0.3, -0.25) is 14.4 Å². The van der Waals surface area contributed by atoms with Crippen molar-refractivity contribution in [2.45, 2.75) is 32.1 Å². The first kappa shape index (κ1) is 18.2. The Morgan fingerprint density at radius 1 is 1.07 bits per heavy atom. The van der Waals surface area contributed by atoms with Gasteiger partial charge in [-0.15, -0.1) is 0 Å². The second kappa shape index (κ2) is 7.09. The number of nitrogens with zero attached hydrogens (tertiary/aromatic N) is 4. The Kier molecular flexibility index (Phi) is 4.77. The number of sulfone groups is 1. The van der Waals surface area contributed by atoms with Crippen LogP contribution in [0.15, 0.2) is 42.7 Å². The molecule has 2 aromatic rings. The number of amides is 1. The van der Waals surface area contributed by atoms with Gasteiger partial charge in [-0.05, 0) is 17.2 Å². The average Bonchev–Trinajstić information content (AvgIpc) is 3.23. The summed E-state index contributed by atoms with van der Waals surface area (Å²) in [5.74, 6) is 0.180. The summed E-state index contributed by atoms with van der Waals surface area (Å²) < 4.78 is 26.3. The Hall–Kier alpha value is -2.19. The summed E-state index contributed by atoms with van der Waals surface area (Å²) in [4.78, 5) is 15.8. The molecule has 0 unspecified atom stereocenters. The maximum Gasteiger partial charge on any atom is 0.219 e. The number of carbonyl (C=O) groups excluding carboxylic acids is 1. The van der Waals surface area contributed by atoms with Crippen LogP contribution in [-0.4, -0.2) is 70.6 Å². The first-order chi connectivity index (χ1) is 12.9. The molecule has 144 valence electrons. The van der Waals surface area contributed by atoms with Crippen LogP contribution in [0.25, 0.3) is 0 Å². The smallest absolute Gasteiger partial charge is 0.219 e. The van der Waals surface area contributed by atoms with Crippen LogP contribution in [0.2, 0.25) is 0 Å². The number of piperazine rings is 1. The van der Waals surface area contributed by atoms with Gasteiger partial charge in [0.15, 0.2) is 9.84 Å². The first-order valence-corrected chi connectivity index (χ1v) is 11.0. The molecule has 0 N–H and O–H groups in total. The van der Waals surface area contributed by atoms with Crippen molar-refractivity contribution in [1.82, 2.24) is 19.6 Å². The van der Waals surface area contributed by atoms with Gasteiger partial charge < -0.3 is 4.90 Å². The summed E-state index contributed by atoms with van der Waals surface area (Å²) in [6, 6.07) is 9.93. The van der Waals surface area contributed by atoms with E-state index in [4.69, 9.17) is 0 Å². The predicted molar refractivity (Wildman–Crippen MR) is 102 cm³/mol. The van der Waals surface area contributed by atoms with Gasteiger partial charge in [-0.25, -0.2) is 8.42 Å². The van der Waals surface area contributed by atoms with Crippen molar-refractivity contribution in [1.29, 1.82) is 0 Å². The summed E-state index contributed by atoms with van der Waals surface area (Å²) in [5, 5.41) is 4.22. The molecular formula is C19H24N4O3S. The molecule has 8 heteroatoms. The van der Waals surface area contributed by atoms with Crippen LogP contribution >= 0.6 is 0 Å². The van der Waals surface area contributed by atoms with E-state index in [-0.39, 0.29) is 29.5 Å². The molecule has 2 atom stereocenters. The summed E-state index contributed by atoms with van der Waals surface area (Å²) >= 11 is 0. The number of rotatable bonds is 4. The lowest BCUT2D eigenvalue weighted by atomic mass is 10.0. The molecule has 4 rings (SSSR count). The molecule has 0 spiro atoms. The molecule has 2 saturated heterocycles. The van der Waals surface area contributed by atoms with E-state index in [1.807, 2.05) is 16.9 Å². The summed E-state index contributed by atoms with van der Waals surface area (Å²) in [6.07, 6.45) is 3.70. The molecule has 0 bridgehead atoms. The molecule has 2 aliphatic rings. The van der Waals surface area contributed by atoms with E-state index >= 15 is 0 Å². The minimum atomic E-state index is -3.10. The third kappa shape index (κ3) is 3.91. The Morgan fingerprint density at radius 3 is 2.37 bits per heavy atom. The zero-order chi connectivity index (χ0) is 19.0. The number of hydrogen-bond donors (Lipinski definition) is 0. The minimum absolute atomic E-state index is 0.0373. The van der Waals surface area contributed by atoms with Crippen molar-refractivity contribution >= 4 is 15.7 Å². The van der Waals surface area contributed by atoms with Gasteiger partial charge in [0.25, 0.3) is 0 Å². The normalized spacial score (nSPS) is 24.7. The van der Waals surface area contributed by atoms with Crippen molar-refractivity contribution < 1.29 is 13.2 Å². The van der Waals surface area contributed by atoms with Crippen molar-refractivity contribution in [3.8, 4) is 0 Å². The average molecular weight is 388 g/mol. The van der Waals surface area contributed by atoms with E-state index in [0.717, 1.165) is 12.1 Å². The molecular weight excluding hydrogens is 364 g/mol. The van der Waals surface area contributed by atoms with Gasteiger partial charge in [0.1, 0.15) is 0 Å². The fourth-order valence-corrected chi connectivity index (χ4v) is 6.19. The molecule has 7 nitrogen and oxygen atoms in total. The van der Waals surface area contributed by atoms with E-state index in [1.165, 1.54) is 12.5 Å². The van der Waals surface area contributed by atoms with Gasteiger partial charge >= 0.3 is 0 Å². The van der Waals surface area contributed by atoms with Gasteiger partial charge in [0.05, 0.1) is 24.1 Å². The van der Waals surface area contributed by atoms with Crippen LogP contribution in [0.3, 0.4) is 0 Å². The summed E-state index contributed by atoms with van der Waals surface area (Å²) in [6.45, 7) is 4.24. The molecule has 0 aliphatic carbocycles. The van der Waals surface area contributed by atoms with Crippen LogP contribution in [-0.2, 0) is 27.7 Å². The molecule has 3 heterocycles. The van der Waals surface area contributed by atoms with Crippen LogP contribution in [0, 0.1) is 0 Å². The highest BCUT2D eigenvalue weighted by Gasteiger charge is 2.47. The molecule has 2 aliphatic heterocycles. The van der Waals surface area contributed by atoms with Gasteiger partial charge in [0.2, 0.25) is 5.91 Å². The van der Waals surface area contributed by atoms with E-state index in [0.29, 0.717) is 19.6 Å². The van der Waals surface area contributed by atoms with Crippen LogP contribution in [0.4, 0.5) is 0 Å². The molecule has 27 heavy (non-hydrogen) atoms. The summed E-state index contributed by atoms with van der Waals surface area (Å²) in [7, 11) is -3.10. The molecule has 0 radical (unpaired) electrons. The largest absolute Gasteiger partial charge is 0.336 e. The zero-order valence-electron chi connectivity index (χ0n) is 15.4. The zero-order valence-corrected chi connectivity index (χ0v) is 16.2. The highest BCUT2D eigenvalue weighted by atomic mass is 32.2. The fourth-order valence-electron chi connectivity index (χ4n) is 4.18. The van der Waals surface area contributed by atoms with Gasteiger partial charge in [0, 0.05) is 45.0 Å². The van der Waals surface area contributed by atoms with Crippen LogP contribution in [0.5, 0.6) is 0 Å². The van der Waals surface area contributed by atoms with Gasteiger partial charge in [-0.2, -0.15) is 5.10 Å². The second-order valence-electron chi connectivity index (χ2n) is 7.41. The monoisotopic (exact) mass is 388 g/mol. The minimum Gasteiger partial charge on any atom is -0.336 e. The highest BCUT2D eigenvalue weighted by molar-refractivity contribution is 7.91. The Labute approximate surface area is 159 Å². The van der Waals surface area contributed by atoms with Crippen molar-refractivity contribution in [2.75, 3.05) is 24.6 Å². The number of aromatic nitrogens is 2.